The Morgan fingerprint density at radius 3 is 2.83 bits per heavy atom. The number of nitrogens with two attached hydrogens (primary N) is 1. The van der Waals surface area contributed by atoms with Crippen molar-refractivity contribution in [3.63, 3.8) is 0 Å². The van der Waals surface area contributed by atoms with Gasteiger partial charge < -0.3 is 5.73 Å². The van der Waals surface area contributed by atoms with Gasteiger partial charge in [0.05, 0.1) is 0 Å². The van der Waals surface area contributed by atoms with E-state index in [9.17, 15) is 8.42 Å². The van der Waals surface area contributed by atoms with Crippen molar-refractivity contribution in [2.45, 2.75) is 23.5 Å². The summed E-state index contributed by atoms with van der Waals surface area (Å²) in [5.74, 6) is 1.07. The third-order valence-electron chi connectivity index (χ3n) is 2.36. The monoisotopic (exact) mass is 308 g/mol. The van der Waals surface area contributed by atoms with E-state index in [1.807, 2.05) is 6.07 Å². The summed E-state index contributed by atoms with van der Waals surface area (Å²) in [4.78, 5) is 1.01. The average molecular weight is 308 g/mol. The zero-order valence-electron chi connectivity index (χ0n) is 10.5. The molecule has 0 spiro atoms. The van der Waals surface area contributed by atoms with Crippen LogP contribution in [-0.2, 0) is 16.4 Å². The van der Waals surface area contributed by atoms with E-state index in [0.717, 1.165) is 29.9 Å². The van der Waals surface area contributed by atoms with E-state index in [1.54, 1.807) is 17.8 Å². The maximum absolute atomic E-state index is 11.9. The predicted molar refractivity (Wildman–Crippen MR) is 79.9 cm³/mol. The lowest BCUT2D eigenvalue weighted by atomic mass is 10.3. The standard InChI is InChI=1S/C11H20N2O2S3/c1-16-9-3-2-8-13-18(14,15)11-5-4-10(17-11)6-7-12/h4-5,13H,2-3,6-9,12H2,1H3. The molecule has 1 heterocycles. The molecule has 18 heavy (non-hydrogen) atoms. The van der Waals surface area contributed by atoms with Gasteiger partial charge in [-0.1, -0.05) is 0 Å². The van der Waals surface area contributed by atoms with Gasteiger partial charge in [-0.2, -0.15) is 11.8 Å². The van der Waals surface area contributed by atoms with Crippen molar-refractivity contribution < 1.29 is 8.42 Å². The number of rotatable bonds is 9. The van der Waals surface area contributed by atoms with E-state index in [0.29, 0.717) is 17.3 Å². The Balaban J connectivity index is 2.46. The van der Waals surface area contributed by atoms with Crippen LogP contribution in [-0.4, -0.2) is 33.5 Å². The summed E-state index contributed by atoms with van der Waals surface area (Å²) in [5, 5.41) is 0. The number of nitrogens with one attached hydrogen (secondary N) is 1. The van der Waals surface area contributed by atoms with Crippen molar-refractivity contribution in [3.05, 3.63) is 17.0 Å². The van der Waals surface area contributed by atoms with Gasteiger partial charge in [-0.05, 0) is 49.9 Å². The normalized spacial score (nSPS) is 11.9. The fourth-order valence-corrected chi connectivity index (χ4v) is 4.41. The molecule has 0 fully saturated rings. The lowest BCUT2D eigenvalue weighted by molar-refractivity contribution is 0.580. The van der Waals surface area contributed by atoms with Crippen LogP contribution in [0.2, 0.25) is 0 Å². The molecule has 1 aromatic heterocycles. The first-order valence-electron chi connectivity index (χ1n) is 5.87. The van der Waals surface area contributed by atoms with Crippen molar-refractivity contribution in [2.24, 2.45) is 5.73 Å². The predicted octanol–water partition coefficient (Wildman–Crippen LogP) is 1.67. The molecule has 0 atom stereocenters. The highest BCUT2D eigenvalue weighted by Gasteiger charge is 2.15. The van der Waals surface area contributed by atoms with E-state index in [4.69, 9.17) is 5.73 Å². The molecule has 104 valence electrons. The maximum atomic E-state index is 11.9. The second kappa shape index (κ2) is 8.16. The molecule has 0 aromatic carbocycles. The second-order valence-electron chi connectivity index (χ2n) is 3.86. The zero-order chi connectivity index (χ0) is 13.4. The van der Waals surface area contributed by atoms with Crippen LogP contribution in [0.1, 0.15) is 17.7 Å². The van der Waals surface area contributed by atoms with Crippen molar-refractivity contribution >= 4 is 33.1 Å². The molecule has 0 saturated heterocycles. The van der Waals surface area contributed by atoms with Gasteiger partial charge in [-0.15, -0.1) is 11.3 Å². The lowest BCUT2D eigenvalue weighted by Gasteiger charge is -2.04. The van der Waals surface area contributed by atoms with Crippen LogP contribution in [0.5, 0.6) is 0 Å². The van der Waals surface area contributed by atoms with Crippen molar-refractivity contribution in [3.8, 4) is 0 Å². The Kier molecular flexibility index (Phi) is 7.25. The number of hydrogen-bond donors (Lipinski definition) is 2. The van der Waals surface area contributed by atoms with E-state index in [2.05, 4.69) is 11.0 Å². The number of thiophene rings is 1. The molecule has 0 aliphatic rings. The van der Waals surface area contributed by atoms with Gasteiger partial charge in [0.25, 0.3) is 0 Å². The molecule has 7 heteroatoms. The minimum Gasteiger partial charge on any atom is -0.330 e. The quantitative estimate of drug-likeness (QED) is 0.681. The largest absolute Gasteiger partial charge is 0.330 e. The topological polar surface area (TPSA) is 72.2 Å². The van der Waals surface area contributed by atoms with Gasteiger partial charge >= 0.3 is 0 Å². The van der Waals surface area contributed by atoms with Crippen molar-refractivity contribution in [1.29, 1.82) is 0 Å². The van der Waals surface area contributed by atoms with E-state index in [-0.39, 0.29) is 0 Å². The second-order valence-corrected chi connectivity index (χ2v) is 8.00. The smallest absolute Gasteiger partial charge is 0.250 e. The fourth-order valence-electron chi connectivity index (χ4n) is 1.43. The Hall–Kier alpha value is -0.0800. The molecule has 0 amide bonds. The summed E-state index contributed by atoms with van der Waals surface area (Å²) < 4.78 is 26.9. The van der Waals surface area contributed by atoms with Crippen LogP contribution in [0.15, 0.2) is 16.3 Å². The summed E-state index contributed by atoms with van der Waals surface area (Å²) in [6.45, 7) is 1.05. The summed E-state index contributed by atoms with van der Waals surface area (Å²) in [6, 6.07) is 3.49. The summed E-state index contributed by atoms with van der Waals surface area (Å²) in [6.07, 6.45) is 4.69. The first-order chi connectivity index (χ1) is 8.60. The van der Waals surface area contributed by atoms with E-state index in [1.165, 1.54) is 11.3 Å². The van der Waals surface area contributed by atoms with Crippen LogP contribution in [0.4, 0.5) is 0 Å². The highest BCUT2D eigenvalue weighted by Crippen LogP contribution is 2.21. The lowest BCUT2D eigenvalue weighted by Crippen LogP contribution is -2.24. The molecular formula is C11H20N2O2S3. The minimum atomic E-state index is -3.32. The summed E-state index contributed by atoms with van der Waals surface area (Å²) in [5.41, 5.74) is 5.45. The maximum Gasteiger partial charge on any atom is 0.250 e. The number of hydrogen-bond acceptors (Lipinski definition) is 5. The van der Waals surface area contributed by atoms with Gasteiger partial charge in [0.2, 0.25) is 10.0 Å². The molecule has 0 aliphatic carbocycles. The fraction of sp³-hybridized carbons (Fsp3) is 0.636. The Morgan fingerprint density at radius 2 is 2.17 bits per heavy atom. The van der Waals surface area contributed by atoms with Gasteiger partial charge in [-0.25, -0.2) is 13.1 Å². The Morgan fingerprint density at radius 1 is 1.39 bits per heavy atom. The van der Waals surface area contributed by atoms with E-state index >= 15 is 0 Å². The van der Waals surface area contributed by atoms with Crippen LogP contribution < -0.4 is 10.5 Å². The third-order valence-corrected chi connectivity index (χ3v) is 6.15. The van der Waals surface area contributed by atoms with Crippen LogP contribution >= 0.6 is 23.1 Å². The highest BCUT2D eigenvalue weighted by molar-refractivity contribution is 7.98. The molecule has 0 saturated carbocycles. The van der Waals surface area contributed by atoms with E-state index < -0.39 is 10.0 Å². The average Bonchev–Trinajstić information content (AvgIpc) is 2.79. The van der Waals surface area contributed by atoms with Crippen LogP contribution in [0, 0.1) is 0 Å². The van der Waals surface area contributed by atoms with Gasteiger partial charge in [0.15, 0.2) is 0 Å². The van der Waals surface area contributed by atoms with Crippen LogP contribution in [0.25, 0.3) is 0 Å². The number of sulfonamides is 1. The molecule has 0 radical (unpaired) electrons. The molecule has 0 unspecified atom stereocenters. The third kappa shape index (κ3) is 5.27. The molecule has 3 N–H and O–H groups in total. The highest BCUT2D eigenvalue weighted by atomic mass is 32.2. The minimum absolute atomic E-state index is 0.385. The summed E-state index contributed by atoms with van der Waals surface area (Å²) >= 11 is 3.08. The van der Waals surface area contributed by atoms with Crippen molar-refractivity contribution in [1.82, 2.24) is 4.72 Å². The molecule has 1 aromatic rings. The number of unbranched alkanes of at least 4 members (excludes halogenated alkanes) is 1. The van der Waals surface area contributed by atoms with Gasteiger partial charge in [0.1, 0.15) is 4.21 Å². The molecular weight excluding hydrogens is 288 g/mol. The molecule has 4 nitrogen and oxygen atoms in total. The zero-order valence-corrected chi connectivity index (χ0v) is 13.0. The molecule has 1 rings (SSSR count). The Bertz CT molecular complexity index is 443. The summed E-state index contributed by atoms with van der Waals surface area (Å²) in [7, 11) is -3.32. The van der Waals surface area contributed by atoms with Gasteiger partial charge in [0, 0.05) is 11.4 Å². The van der Waals surface area contributed by atoms with Crippen molar-refractivity contribution in [2.75, 3.05) is 25.1 Å². The van der Waals surface area contributed by atoms with Crippen LogP contribution in [0.3, 0.4) is 0 Å². The first-order valence-corrected chi connectivity index (χ1v) is 9.57. The Labute approximate surface area is 117 Å². The molecule has 0 aliphatic heterocycles. The number of thioether (sulfide) groups is 1. The first kappa shape index (κ1) is 16.0. The SMILES string of the molecule is CSCCCCNS(=O)(=O)c1ccc(CCN)s1. The van der Waals surface area contributed by atoms with Gasteiger partial charge in [-0.3, -0.25) is 0 Å². The molecule has 0 bridgehead atoms.